The average molecular weight is 682 g/mol. The van der Waals surface area contributed by atoms with E-state index in [9.17, 15) is 14.4 Å². The first-order valence-corrected chi connectivity index (χ1v) is 16.4. The summed E-state index contributed by atoms with van der Waals surface area (Å²) in [5.74, 6) is 0.234. The fourth-order valence-corrected chi connectivity index (χ4v) is 6.67. The van der Waals surface area contributed by atoms with Gasteiger partial charge in [0.2, 0.25) is 17.7 Å². The quantitative estimate of drug-likeness (QED) is 0.186. The van der Waals surface area contributed by atoms with Crippen LogP contribution < -0.4 is 0 Å². The second kappa shape index (κ2) is 14.0. The van der Waals surface area contributed by atoms with E-state index in [0.717, 1.165) is 31.4 Å². The number of H-pyrrole nitrogens is 1. The number of aromatic amines is 1. The molecule has 3 aromatic carbocycles. The Labute approximate surface area is 269 Å². The zero-order valence-corrected chi connectivity index (χ0v) is 27.3. The van der Waals surface area contributed by atoms with E-state index in [-0.39, 0.29) is 43.1 Å². The molecule has 2 heterocycles. The average Bonchev–Trinajstić information content (AvgIpc) is 3.41. The Morgan fingerprint density at radius 3 is 2.51 bits per heavy atom. The number of aryl methyl sites for hydroxylation is 1. The molecule has 1 atom stereocenters. The molecule has 10 heteroatoms. The Balaban J connectivity index is 1.45. The van der Waals surface area contributed by atoms with Crippen LogP contribution in [-0.4, -0.2) is 69.8 Å². The third kappa shape index (κ3) is 7.82. The molecule has 0 aliphatic carbocycles. The van der Waals surface area contributed by atoms with Gasteiger partial charge in [-0.05, 0) is 48.9 Å². The molecule has 1 N–H and O–H groups in total. The number of likely N-dealkylation sites (N-methyl/N-ethyl adjacent to an activating group) is 1. The molecular formula is C33H34BrClN4O3S. The summed E-state index contributed by atoms with van der Waals surface area (Å²) in [6.45, 7) is 3.47. The molecule has 1 fully saturated rings. The number of nitrogens with zero attached hydrogens (tertiary/aromatic N) is 3. The van der Waals surface area contributed by atoms with Gasteiger partial charge in [-0.1, -0.05) is 63.4 Å². The van der Waals surface area contributed by atoms with Crippen molar-refractivity contribution >= 4 is 67.9 Å². The molecule has 224 valence electrons. The highest BCUT2D eigenvalue weighted by atomic mass is 79.9. The van der Waals surface area contributed by atoms with Crippen LogP contribution in [0.4, 0.5) is 0 Å². The van der Waals surface area contributed by atoms with Gasteiger partial charge in [0.1, 0.15) is 0 Å². The summed E-state index contributed by atoms with van der Waals surface area (Å²) in [4.78, 5) is 48.9. The van der Waals surface area contributed by atoms with E-state index in [1.54, 1.807) is 28.6 Å². The second-order valence-electron chi connectivity index (χ2n) is 10.9. The molecule has 3 amide bonds. The van der Waals surface area contributed by atoms with Gasteiger partial charge in [-0.15, -0.1) is 11.8 Å². The van der Waals surface area contributed by atoms with Crippen LogP contribution in [0.15, 0.2) is 82.3 Å². The number of nitrogens with one attached hydrogen (secondary N) is 1. The van der Waals surface area contributed by atoms with Crippen LogP contribution in [0.2, 0.25) is 5.02 Å². The zero-order chi connectivity index (χ0) is 30.5. The van der Waals surface area contributed by atoms with E-state index in [2.05, 4.69) is 52.1 Å². The lowest BCUT2D eigenvalue weighted by Crippen LogP contribution is -2.50. The number of aromatic nitrogens is 1. The number of carbonyl (C=O) groups excluding carboxylic acids is 3. The number of fused-ring (bicyclic) bond motifs is 1. The maximum atomic E-state index is 14.1. The maximum Gasteiger partial charge on any atom is 0.241 e. The fourth-order valence-electron chi connectivity index (χ4n) is 5.20. The number of piperazine rings is 1. The van der Waals surface area contributed by atoms with Gasteiger partial charge >= 0.3 is 0 Å². The number of hydrogen-bond acceptors (Lipinski definition) is 4. The predicted molar refractivity (Wildman–Crippen MR) is 176 cm³/mol. The third-order valence-electron chi connectivity index (χ3n) is 7.79. The summed E-state index contributed by atoms with van der Waals surface area (Å²) >= 11 is 11.5. The minimum Gasteiger partial charge on any atom is -0.361 e. The van der Waals surface area contributed by atoms with Gasteiger partial charge in [0.05, 0.1) is 12.6 Å². The lowest BCUT2D eigenvalue weighted by molar-refractivity contribution is -0.145. The van der Waals surface area contributed by atoms with Crippen LogP contribution in [0.25, 0.3) is 10.9 Å². The summed E-state index contributed by atoms with van der Waals surface area (Å²) in [5.41, 5.74) is 4.07. The van der Waals surface area contributed by atoms with Gasteiger partial charge in [0.15, 0.2) is 0 Å². The normalized spacial score (nSPS) is 14.3. The first-order chi connectivity index (χ1) is 20.7. The van der Waals surface area contributed by atoms with Gasteiger partial charge in [-0.25, -0.2) is 0 Å². The van der Waals surface area contributed by atoms with Crippen LogP contribution in [-0.2, 0) is 20.9 Å². The van der Waals surface area contributed by atoms with Crippen molar-refractivity contribution in [2.24, 2.45) is 0 Å². The van der Waals surface area contributed by atoms with Crippen LogP contribution >= 0.6 is 39.3 Å². The number of carbonyl (C=O) groups is 3. The highest BCUT2D eigenvalue weighted by molar-refractivity contribution is 9.10. The lowest BCUT2D eigenvalue weighted by atomic mass is 10.0. The fraction of sp³-hybridized carbons (Fsp3) is 0.303. The SMILES string of the molecule is Cc1ccc(SCC(c2c[nH]c3cc(Cl)ccc23)N(Cc2ccc(Br)cc2)C(=O)CCC(=O)N2CCN(C)C(=O)C2)cc1. The van der Waals surface area contributed by atoms with Crippen LogP contribution in [0, 0.1) is 6.92 Å². The molecular weight excluding hydrogens is 648 g/mol. The van der Waals surface area contributed by atoms with Crippen molar-refractivity contribution in [2.75, 3.05) is 32.4 Å². The first-order valence-electron chi connectivity index (χ1n) is 14.2. The number of thioether (sulfide) groups is 1. The second-order valence-corrected chi connectivity index (χ2v) is 13.3. The van der Waals surface area contributed by atoms with E-state index in [1.807, 2.05) is 53.6 Å². The number of benzene rings is 3. The van der Waals surface area contributed by atoms with Crippen molar-refractivity contribution < 1.29 is 14.4 Å². The standard InChI is InChI=1S/C33H34BrClN4O3S/c1-22-3-10-26(11-4-22)43-21-30(28-18-36-29-17-25(35)9-12-27(28)29)39(19-23-5-7-24(34)8-6-23)32(41)14-13-31(40)38-16-15-37(2)33(42)20-38/h3-12,17-18,30,36H,13-16,19-21H2,1-2H3. The summed E-state index contributed by atoms with van der Waals surface area (Å²) in [7, 11) is 1.74. The molecule has 1 aromatic heterocycles. The van der Waals surface area contributed by atoms with E-state index >= 15 is 0 Å². The predicted octanol–water partition coefficient (Wildman–Crippen LogP) is 6.84. The monoisotopic (exact) mass is 680 g/mol. The molecule has 43 heavy (non-hydrogen) atoms. The minimum absolute atomic E-state index is 0.0496. The van der Waals surface area contributed by atoms with Gasteiger partial charge in [0.25, 0.3) is 0 Å². The molecule has 0 saturated carbocycles. The number of halogens is 2. The highest BCUT2D eigenvalue weighted by Crippen LogP contribution is 2.36. The van der Waals surface area contributed by atoms with Crippen molar-refractivity contribution in [3.05, 3.63) is 99.1 Å². The van der Waals surface area contributed by atoms with Crippen LogP contribution in [0.3, 0.4) is 0 Å². The zero-order valence-electron chi connectivity index (χ0n) is 24.2. The summed E-state index contributed by atoms with van der Waals surface area (Å²) < 4.78 is 0.960. The van der Waals surface area contributed by atoms with Crippen molar-refractivity contribution in [3.8, 4) is 0 Å². The third-order valence-corrected chi connectivity index (χ3v) is 9.64. The molecule has 1 saturated heterocycles. The van der Waals surface area contributed by atoms with E-state index in [4.69, 9.17) is 11.6 Å². The summed E-state index contributed by atoms with van der Waals surface area (Å²) in [6, 6.07) is 21.8. The van der Waals surface area contributed by atoms with Gasteiger partial charge in [-0.3, -0.25) is 14.4 Å². The molecule has 4 aromatic rings. The molecule has 1 aliphatic rings. The number of amides is 3. The summed E-state index contributed by atoms with van der Waals surface area (Å²) in [6.07, 6.45) is 2.06. The first kappa shape index (κ1) is 31.2. The van der Waals surface area contributed by atoms with Crippen LogP contribution in [0.5, 0.6) is 0 Å². The summed E-state index contributed by atoms with van der Waals surface area (Å²) in [5, 5.41) is 1.63. The molecule has 7 nitrogen and oxygen atoms in total. The maximum absolute atomic E-state index is 14.1. The van der Waals surface area contributed by atoms with Crippen molar-refractivity contribution in [2.45, 2.75) is 37.2 Å². The molecule has 0 bridgehead atoms. The van der Waals surface area contributed by atoms with E-state index < -0.39 is 0 Å². The minimum atomic E-state index is -0.294. The van der Waals surface area contributed by atoms with Crippen molar-refractivity contribution in [3.63, 3.8) is 0 Å². The van der Waals surface area contributed by atoms with Crippen molar-refractivity contribution in [1.29, 1.82) is 0 Å². The molecule has 5 rings (SSSR count). The molecule has 1 unspecified atom stereocenters. The van der Waals surface area contributed by atoms with Gasteiger partial charge < -0.3 is 19.7 Å². The largest absolute Gasteiger partial charge is 0.361 e. The van der Waals surface area contributed by atoms with Crippen LogP contribution in [0.1, 0.15) is 35.6 Å². The molecule has 1 aliphatic heterocycles. The van der Waals surface area contributed by atoms with Crippen molar-refractivity contribution in [1.82, 2.24) is 19.7 Å². The number of hydrogen-bond donors (Lipinski definition) is 1. The number of rotatable bonds is 10. The van der Waals surface area contributed by atoms with E-state index in [1.165, 1.54) is 5.56 Å². The Morgan fingerprint density at radius 2 is 1.79 bits per heavy atom. The van der Waals surface area contributed by atoms with Gasteiger partial charge in [-0.2, -0.15) is 0 Å². The molecule has 0 spiro atoms. The lowest BCUT2D eigenvalue weighted by Gasteiger charge is -2.33. The van der Waals surface area contributed by atoms with Gasteiger partial charge in [0, 0.05) is 82.3 Å². The Kier molecular flexibility index (Phi) is 10.2. The van der Waals surface area contributed by atoms with E-state index in [0.29, 0.717) is 30.4 Å². The Morgan fingerprint density at radius 1 is 1.05 bits per heavy atom. The molecule has 0 radical (unpaired) electrons. The Bertz CT molecular complexity index is 1610. The topological polar surface area (TPSA) is 76.7 Å². The Hall–Kier alpha value is -3.27. The smallest absolute Gasteiger partial charge is 0.241 e. The highest BCUT2D eigenvalue weighted by Gasteiger charge is 2.30.